The molecule has 7 nitrogen and oxygen atoms in total. The molecule has 23 heavy (non-hydrogen) atoms. The fourth-order valence-corrected chi connectivity index (χ4v) is 2.36. The van der Waals surface area contributed by atoms with Gasteiger partial charge in [-0.15, -0.1) is 0 Å². The van der Waals surface area contributed by atoms with Gasteiger partial charge in [-0.2, -0.15) is 0 Å². The molecule has 2 amide bonds. The highest BCUT2D eigenvalue weighted by Crippen LogP contribution is 2.29. The minimum atomic E-state index is -0.387. The molecule has 1 atom stereocenters. The van der Waals surface area contributed by atoms with Crippen LogP contribution in [0.4, 0.5) is 5.69 Å². The SMILES string of the molecule is COc1ccc(NC(=O)CC(=O)NCC2CCCO2)cc1OC. The van der Waals surface area contributed by atoms with Crippen LogP contribution in [0.5, 0.6) is 11.5 Å². The molecule has 2 rings (SSSR count). The number of nitrogens with one attached hydrogen (secondary N) is 2. The summed E-state index contributed by atoms with van der Waals surface area (Å²) < 4.78 is 15.7. The van der Waals surface area contributed by atoms with Crippen LogP contribution in [-0.4, -0.2) is 45.3 Å². The molecular weight excluding hydrogens is 300 g/mol. The number of carbonyl (C=O) groups is 2. The van der Waals surface area contributed by atoms with E-state index in [9.17, 15) is 9.59 Å². The maximum absolute atomic E-state index is 11.9. The van der Waals surface area contributed by atoms with E-state index in [1.807, 2.05) is 0 Å². The molecule has 0 radical (unpaired) electrons. The lowest BCUT2D eigenvalue weighted by Crippen LogP contribution is -2.34. The normalized spacial score (nSPS) is 16.7. The van der Waals surface area contributed by atoms with Crippen LogP contribution in [0.25, 0.3) is 0 Å². The van der Waals surface area contributed by atoms with Crippen molar-refractivity contribution in [3.05, 3.63) is 18.2 Å². The lowest BCUT2D eigenvalue weighted by Gasteiger charge is -2.12. The monoisotopic (exact) mass is 322 g/mol. The van der Waals surface area contributed by atoms with Gasteiger partial charge in [-0.1, -0.05) is 0 Å². The van der Waals surface area contributed by atoms with E-state index in [4.69, 9.17) is 14.2 Å². The third-order valence-corrected chi connectivity index (χ3v) is 3.54. The maximum atomic E-state index is 11.9. The van der Waals surface area contributed by atoms with Gasteiger partial charge in [0, 0.05) is 24.9 Å². The highest BCUT2D eigenvalue weighted by atomic mass is 16.5. The molecule has 0 bridgehead atoms. The fourth-order valence-electron chi connectivity index (χ4n) is 2.36. The Morgan fingerprint density at radius 3 is 2.65 bits per heavy atom. The average Bonchev–Trinajstić information content (AvgIpc) is 3.06. The predicted octanol–water partition coefficient (Wildman–Crippen LogP) is 1.33. The number of benzene rings is 1. The molecule has 1 saturated heterocycles. The molecule has 1 aromatic carbocycles. The van der Waals surface area contributed by atoms with E-state index >= 15 is 0 Å². The number of amides is 2. The molecule has 1 aliphatic heterocycles. The zero-order valence-electron chi connectivity index (χ0n) is 13.4. The van der Waals surface area contributed by atoms with Crippen molar-refractivity contribution in [2.24, 2.45) is 0 Å². The van der Waals surface area contributed by atoms with Gasteiger partial charge >= 0.3 is 0 Å². The number of hydrogen-bond acceptors (Lipinski definition) is 5. The summed E-state index contributed by atoms with van der Waals surface area (Å²) in [5, 5.41) is 5.37. The number of rotatable bonds is 7. The summed E-state index contributed by atoms with van der Waals surface area (Å²) in [6.45, 7) is 1.18. The van der Waals surface area contributed by atoms with Gasteiger partial charge in [-0.3, -0.25) is 9.59 Å². The van der Waals surface area contributed by atoms with Crippen molar-refractivity contribution >= 4 is 17.5 Å². The van der Waals surface area contributed by atoms with Crippen LogP contribution in [0.1, 0.15) is 19.3 Å². The molecule has 1 unspecified atom stereocenters. The zero-order valence-corrected chi connectivity index (χ0v) is 13.4. The number of carbonyl (C=O) groups excluding carboxylic acids is 2. The fraction of sp³-hybridized carbons (Fsp3) is 0.500. The van der Waals surface area contributed by atoms with Crippen molar-refractivity contribution in [3.63, 3.8) is 0 Å². The lowest BCUT2D eigenvalue weighted by atomic mass is 10.2. The third-order valence-electron chi connectivity index (χ3n) is 3.54. The largest absolute Gasteiger partial charge is 0.493 e. The standard InChI is InChI=1S/C16H22N2O5/c1-21-13-6-5-11(8-14(13)22-2)18-16(20)9-15(19)17-10-12-4-3-7-23-12/h5-6,8,12H,3-4,7,9-10H2,1-2H3,(H,17,19)(H,18,20). The summed E-state index contributed by atoms with van der Waals surface area (Å²) in [4.78, 5) is 23.6. The zero-order chi connectivity index (χ0) is 16.7. The van der Waals surface area contributed by atoms with Gasteiger partial charge in [-0.25, -0.2) is 0 Å². The second-order valence-corrected chi connectivity index (χ2v) is 5.23. The van der Waals surface area contributed by atoms with E-state index in [0.717, 1.165) is 19.4 Å². The first kappa shape index (κ1) is 17.1. The van der Waals surface area contributed by atoms with Crippen molar-refractivity contribution in [2.75, 3.05) is 32.7 Å². The predicted molar refractivity (Wildman–Crippen MR) is 84.8 cm³/mol. The highest BCUT2D eigenvalue weighted by Gasteiger charge is 2.17. The molecule has 2 N–H and O–H groups in total. The first-order valence-electron chi connectivity index (χ1n) is 7.52. The van der Waals surface area contributed by atoms with Gasteiger partial charge < -0.3 is 24.8 Å². The first-order valence-corrected chi connectivity index (χ1v) is 7.52. The van der Waals surface area contributed by atoms with Crippen LogP contribution in [-0.2, 0) is 14.3 Å². The Morgan fingerprint density at radius 2 is 2.00 bits per heavy atom. The van der Waals surface area contributed by atoms with Crippen LogP contribution >= 0.6 is 0 Å². The number of methoxy groups -OCH3 is 2. The molecule has 7 heteroatoms. The van der Waals surface area contributed by atoms with Crippen molar-refractivity contribution in [2.45, 2.75) is 25.4 Å². The molecule has 0 aliphatic carbocycles. The highest BCUT2D eigenvalue weighted by molar-refractivity contribution is 6.03. The molecule has 0 aromatic heterocycles. The van der Waals surface area contributed by atoms with E-state index in [-0.39, 0.29) is 24.3 Å². The molecule has 1 aromatic rings. The Morgan fingerprint density at radius 1 is 1.22 bits per heavy atom. The Balaban J connectivity index is 1.80. The Labute approximate surface area is 135 Å². The van der Waals surface area contributed by atoms with Gasteiger partial charge in [0.25, 0.3) is 0 Å². The van der Waals surface area contributed by atoms with Gasteiger partial charge in [0.15, 0.2) is 11.5 Å². The van der Waals surface area contributed by atoms with Crippen LogP contribution in [0.2, 0.25) is 0 Å². The smallest absolute Gasteiger partial charge is 0.233 e. The van der Waals surface area contributed by atoms with Crippen molar-refractivity contribution < 1.29 is 23.8 Å². The van der Waals surface area contributed by atoms with E-state index in [2.05, 4.69) is 10.6 Å². The molecule has 1 aliphatic rings. The van der Waals surface area contributed by atoms with Crippen LogP contribution in [0, 0.1) is 0 Å². The average molecular weight is 322 g/mol. The van der Waals surface area contributed by atoms with E-state index in [0.29, 0.717) is 23.7 Å². The van der Waals surface area contributed by atoms with Crippen LogP contribution in [0.3, 0.4) is 0 Å². The Hall–Kier alpha value is -2.28. The summed E-state index contributed by atoms with van der Waals surface area (Å²) in [7, 11) is 3.05. The minimum absolute atomic E-state index is 0.0628. The summed E-state index contributed by atoms with van der Waals surface area (Å²) in [5.41, 5.74) is 0.541. The minimum Gasteiger partial charge on any atom is -0.493 e. The second kappa shape index (κ2) is 8.38. The summed E-state index contributed by atoms with van der Waals surface area (Å²) >= 11 is 0. The van der Waals surface area contributed by atoms with E-state index in [1.54, 1.807) is 18.2 Å². The second-order valence-electron chi connectivity index (χ2n) is 5.23. The number of ether oxygens (including phenoxy) is 3. The van der Waals surface area contributed by atoms with Crippen LogP contribution in [0.15, 0.2) is 18.2 Å². The molecule has 0 saturated carbocycles. The first-order chi connectivity index (χ1) is 11.1. The third kappa shape index (κ3) is 5.14. The van der Waals surface area contributed by atoms with E-state index < -0.39 is 0 Å². The van der Waals surface area contributed by atoms with Gasteiger partial charge in [-0.05, 0) is 25.0 Å². The number of anilines is 1. The summed E-state index contributed by atoms with van der Waals surface area (Å²) in [6, 6.07) is 5.01. The maximum Gasteiger partial charge on any atom is 0.233 e. The Bertz CT molecular complexity index is 555. The number of hydrogen-bond donors (Lipinski definition) is 2. The van der Waals surface area contributed by atoms with Crippen LogP contribution < -0.4 is 20.1 Å². The van der Waals surface area contributed by atoms with Gasteiger partial charge in [0.2, 0.25) is 11.8 Å². The topological polar surface area (TPSA) is 85.9 Å². The van der Waals surface area contributed by atoms with Gasteiger partial charge in [0.05, 0.1) is 20.3 Å². The molecule has 126 valence electrons. The molecule has 1 heterocycles. The van der Waals surface area contributed by atoms with Crippen molar-refractivity contribution in [3.8, 4) is 11.5 Å². The lowest BCUT2D eigenvalue weighted by molar-refractivity contribution is -0.127. The van der Waals surface area contributed by atoms with E-state index in [1.165, 1.54) is 14.2 Å². The summed E-state index contributed by atoms with van der Waals surface area (Å²) in [5.74, 6) is 0.369. The van der Waals surface area contributed by atoms with Crippen molar-refractivity contribution in [1.82, 2.24) is 5.32 Å². The summed E-state index contributed by atoms with van der Waals surface area (Å²) in [6.07, 6.45) is 1.78. The quantitative estimate of drug-likeness (QED) is 0.740. The molecular formula is C16H22N2O5. The van der Waals surface area contributed by atoms with Crippen molar-refractivity contribution in [1.29, 1.82) is 0 Å². The Kier molecular flexibility index (Phi) is 6.22. The molecule has 0 spiro atoms. The van der Waals surface area contributed by atoms with Gasteiger partial charge in [0.1, 0.15) is 6.42 Å². The molecule has 1 fully saturated rings.